The Morgan fingerprint density at radius 2 is 1.69 bits per heavy atom. The SMILES string of the molecule is CCc1c2c(nc3ccc(O)cc13)-c1cc3c(c(=O)n1C2)COC(=O)C3(CC)OC(=O)OCC(NC(=O)COCC(=O)NCCOCCn1cc(CNC(=O)C2CCC(CN3C(=O)C=CC3=O)CC2)nn1)C(C)C. The first-order chi connectivity index (χ1) is 35.6. The summed E-state index contributed by atoms with van der Waals surface area (Å²) in [7, 11) is 0. The quantitative estimate of drug-likeness (QED) is 0.0440. The first kappa shape index (κ1) is 52.8. The van der Waals surface area contributed by atoms with Gasteiger partial charge >= 0.3 is 12.1 Å². The Kier molecular flexibility index (Phi) is 16.5. The van der Waals surface area contributed by atoms with Crippen LogP contribution >= 0.6 is 0 Å². The van der Waals surface area contributed by atoms with E-state index < -0.39 is 54.4 Å². The van der Waals surface area contributed by atoms with Gasteiger partial charge in [0.1, 0.15) is 37.9 Å². The minimum Gasteiger partial charge on any atom is -0.508 e. The molecule has 1 aromatic carbocycles. The molecule has 0 spiro atoms. The number of benzene rings is 1. The lowest BCUT2D eigenvalue weighted by Gasteiger charge is -2.35. The van der Waals surface area contributed by atoms with Crippen molar-refractivity contribution in [3.05, 3.63) is 80.9 Å². The maximum atomic E-state index is 14.1. The number of aromatic hydroxyl groups is 1. The third-order valence-corrected chi connectivity index (χ3v) is 14.0. The molecule has 3 aromatic heterocycles. The average Bonchev–Trinajstić information content (AvgIpc) is 4.09. The lowest BCUT2D eigenvalue weighted by molar-refractivity contribution is -0.175. The molecule has 0 radical (unpaired) electrons. The molecule has 3 aliphatic heterocycles. The first-order valence-electron chi connectivity index (χ1n) is 25.0. The zero-order valence-corrected chi connectivity index (χ0v) is 41.8. The maximum absolute atomic E-state index is 14.1. The molecule has 1 fully saturated rings. The molecule has 2 unspecified atom stereocenters. The van der Waals surface area contributed by atoms with Gasteiger partial charge in [0.25, 0.3) is 17.4 Å². The van der Waals surface area contributed by atoms with Crippen LogP contribution in [-0.4, -0.2) is 128 Å². The topological polar surface area (TPSA) is 291 Å². The van der Waals surface area contributed by atoms with Crippen LogP contribution in [0.25, 0.3) is 22.3 Å². The molecular weight excluding hydrogens is 963 g/mol. The third kappa shape index (κ3) is 11.6. The standard InChI is InChI=1S/C51H61N9O14/c1-5-34-35-19-33(61)11-12-39(35)55-46-36(34)24-59-41(46)20-38-37(48(59)67)25-72-49(68)51(38,6-2)74-50(69)73-26-40(29(3)4)54-43(63)28-71-27-42(62)52-15-17-70-18-16-58-23-32(56-57-58)21-53-47(66)31-9-7-30(8-10-31)22-60-44(64)13-14-45(60)65/h11-14,19-20,23,29-31,40,61H,5-10,15-18,21-22,24-28H2,1-4H3,(H,52,62)(H,53,66)(H,54,63). The minimum absolute atomic E-state index is 0.0702. The molecule has 1 saturated carbocycles. The van der Waals surface area contributed by atoms with Crippen molar-refractivity contribution in [1.29, 1.82) is 0 Å². The molecular formula is C51H61N9O14. The van der Waals surface area contributed by atoms with E-state index in [-0.39, 0.29) is 105 Å². The smallest absolute Gasteiger partial charge is 0.508 e. The summed E-state index contributed by atoms with van der Waals surface area (Å²) in [5.74, 6) is -2.68. The van der Waals surface area contributed by atoms with E-state index in [0.717, 1.165) is 29.4 Å². The van der Waals surface area contributed by atoms with Gasteiger partial charge in [-0.2, -0.15) is 0 Å². The van der Waals surface area contributed by atoms with Gasteiger partial charge in [0.05, 0.1) is 67.6 Å². The Morgan fingerprint density at radius 3 is 2.42 bits per heavy atom. The second-order valence-corrected chi connectivity index (χ2v) is 19.1. The highest BCUT2D eigenvalue weighted by atomic mass is 16.7. The number of aryl methyl sites for hydroxylation is 1. The number of ether oxygens (including phenoxy) is 5. The van der Waals surface area contributed by atoms with E-state index in [1.165, 1.54) is 23.1 Å². The van der Waals surface area contributed by atoms with Gasteiger partial charge in [0.15, 0.2) is 0 Å². The summed E-state index contributed by atoms with van der Waals surface area (Å²) >= 11 is 0. The van der Waals surface area contributed by atoms with E-state index in [2.05, 4.69) is 26.3 Å². The highest BCUT2D eigenvalue weighted by Crippen LogP contribution is 2.42. The van der Waals surface area contributed by atoms with Crippen LogP contribution in [0.1, 0.15) is 87.7 Å². The number of esters is 1. The molecule has 394 valence electrons. The fraction of sp³-hybridized carbons (Fsp3) is 0.510. The van der Waals surface area contributed by atoms with Crippen LogP contribution in [-0.2, 0) is 90.7 Å². The number of fused-ring (bicyclic) bond motifs is 5. The van der Waals surface area contributed by atoms with Gasteiger partial charge in [-0.3, -0.25) is 33.7 Å². The maximum Gasteiger partial charge on any atom is 0.509 e. The number of carbonyl (C=O) groups is 7. The number of phenols is 1. The van der Waals surface area contributed by atoms with Crippen molar-refractivity contribution in [3.63, 3.8) is 0 Å². The van der Waals surface area contributed by atoms with Gasteiger partial charge in [-0.15, -0.1) is 5.10 Å². The summed E-state index contributed by atoms with van der Waals surface area (Å²) in [6.45, 7) is 7.48. The van der Waals surface area contributed by atoms with E-state index in [4.69, 9.17) is 28.7 Å². The van der Waals surface area contributed by atoms with E-state index in [9.17, 15) is 43.5 Å². The Hall–Kier alpha value is -7.53. The predicted molar refractivity (Wildman–Crippen MR) is 260 cm³/mol. The summed E-state index contributed by atoms with van der Waals surface area (Å²) in [6.07, 6.45) is 6.42. The molecule has 23 heteroatoms. The lowest BCUT2D eigenvalue weighted by atomic mass is 9.81. The number of carbonyl (C=O) groups excluding carboxylic acids is 7. The minimum atomic E-state index is -2.02. The number of nitrogens with one attached hydrogen (secondary N) is 3. The van der Waals surface area contributed by atoms with Gasteiger partial charge in [-0.05, 0) is 80.2 Å². The molecule has 74 heavy (non-hydrogen) atoms. The lowest BCUT2D eigenvalue weighted by Crippen LogP contribution is -2.48. The average molecular weight is 1020 g/mol. The number of phenolic OH excluding ortho intramolecular Hbond substituents is 1. The van der Waals surface area contributed by atoms with Gasteiger partial charge in [0, 0.05) is 47.7 Å². The van der Waals surface area contributed by atoms with E-state index in [1.54, 1.807) is 54.4 Å². The van der Waals surface area contributed by atoms with Crippen LogP contribution in [0.5, 0.6) is 5.75 Å². The number of aromatic nitrogens is 5. The zero-order chi connectivity index (χ0) is 52.7. The van der Waals surface area contributed by atoms with E-state index >= 15 is 0 Å². The monoisotopic (exact) mass is 1020 g/mol. The Balaban J connectivity index is 0.722. The van der Waals surface area contributed by atoms with Crippen molar-refractivity contribution in [2.45, 2.75) is 104 Å². The highest BCUT2D eigenvalue weighted by Gasteiger charge is 2.51. The number of hydrogen-bond acceptors (Lipinski definition) is 17. The fourth-order valence-corrected chi connectivity index (χ4v) is 9.83. The fourth-order valence-electron chi connectivity index (χ4n) is 9.83. The number of amides is 5. The van der Waals surface area contributed by atoms with Crippen LogP contribution < -0.4 is 21.5 Å². The van der Waals surface area contributed by atoms with Crippen molar-refractivity contribution in [2.75, 3.05) is 46.1 Å². The Morgan fingerprint density at radius 1 is 0.932 bits per heavy atom. The molecule has 4 N–H and O–H groups in total. The molecule has 8 rings (SSSR count). The second-order valence-electron chi connectivity index (χ2n) is 19.1. The highest BCUT2D eigenvalue weighted by molar-refractivity contribution is 6.12. The Bertz CT molecular complexity index is 2900. The molecule has 0 bridgehead atoms. The van der Waals surface area contributed by atoms with Crippen LogP contribution in [0, 0.1) is 17.8 Å². The number of imide groups is 1. The molecule has 0 saturated heterocycles. The molecule has 23 nitrogen and oxygen atoms in total. The summed E-state index contributed by atoms with van der Waals surface area (Å²) in [4.78, 5) is 109. The summed E-state index contributed by atoms with van der Waals surface area (Å²) in [5.41, 5.74) is 1.83. The molecule has 4 aromatic rings. The summed E-state index contributed by atoms with van der Waals surface area (Å²) in [6, 6.07) is 5.82. The zero-order valence-electron chi connectivity index (χ0n) is 41.8. The van der Waals surface area contributed by atoms with E-state index in [1.807, 2.05) is 6.92 Å². The normalized spacial score (nSPS) is 19.2. The molecule has 4 aliphatic rings. The van der Waals surface area contributed by atoms with Gasteiger partial charge in [0.2, 0.25) is 23.3 Å². The third-order valence-electron chi connectivity index (χ3n) is 14.0. The van der Waals surface area contributed by atoms with Crippen molar-refractivity contribution in [3.8, 4) is 17.1 Å². The molecule has 6 heterocycles. The van der Waals surface area contributed by atoms with Crippen molar-refractivity contribution < 1.29 is 62.4 Å². The van der Waals surface area contributed by atoms with Crippen LogP contribution in [0.3, 0.4) is 0 Å². The predicted octanol–water partition coefficient (Wildman–Crippen LogP) is 2.44. The molecule has 1 aliphatic carbocycles. The van der Waals surface area contributed by atoms with Crippen molar-refractivity contribution in [2.24, 2.45) is 17.8 Å². The molecule has 2 atom stereocenters. The Labute approximate surface area is 425 Å². The summed E-state index contributed by atoms with van der Waals surface area (Å²) in [5, 5.41) is 27.5. The number of rotatable bonds is 22. The first-order valence-corrected chi connectivity index (χ1v) is 25.0. The molecule has 5 amide bonds. The summed E-state index contributed by atoms with van der Waals surface area (Å²) < 4.78 is 30.8. The largest absolute Gasteiger partial charge is 0.509 e. The van der Waals surface area contributed by atoms with Crippen LogP contribution in [0.2, 0.25) is 0 Å². The number of hydrogen-bond donors (Lipinski definition) is 4. The second kappa shape index (κ2) is 23.1. The number of nitrogens with zero attached hydrogens (tertiary/aromatic N) is 6. The van der Waals surface area contributed by atoms with Gasteiger partial charge < -0.3 is 49.3 Å². The van der Waals surface area contributed by atoms with Crippen molar-refractivity contribution >= 4 is 52.6 Å². The van der Waals surface area contributed by atoms with E-state index in [0.29, 0.717) is 55.0 Å². The number of cyclic esters (lactones) is 1. The van der Waals surface area contributed by atoms with Crippen LogP contribution in [0.15, 0.2) is 47.4 Å². The van der Waals surface area contributed by atoms with Crippen molar-refractivity contribution in [1.82, 2.24) is 45.4 Å². The van der Waals surface area contributed by atoms with Crippen LogP contribution in [0.4, 0.5) is 4.79 Å². The van der Waals surface area contributed by atoms with Gasteiger partial charge in [-0.25, -0.2) is 19.3 Å². The van der Waals surface area contributed by atoms with Gasteiger partial charge in [-0.1, -0.05) is 32.9 Å². The number of pyridine rings is 2.